The molecular formula is C26H27NO4. The molecule has 0 bridgehead atoms. The predicted molar refractivity (Wildman–Crippen MR) is 120 cm³/mol. The Hall–Kier alpha value is -3.18. The number of likely N-dealkylation sites (tertiary alicyclic amines) is 1. The largest absolute Gasteiger partial charge is 0.507 e. The van der Waals surface area contributed by atoms with Crippen molar-refractivity contribution in [1.29, 1.82) is 0 Å². The first-order valence-corrected chi connectivity index (χ1v) is 10.7. The molecule has 4 rings (SSSR count). The number of ketones is 1. The summed E-state index contributed by atoms with van der Waals surface area (Å²) in [6.07, 6.45) is 0.860. The van der Waals surface area contributed by atoms with Gasteiger partial charge in [0.15, 0.2) is 5.78 Å². The van der Waals surface area contributed by atoms with Crippen LogP contribution in [0.1, 0.15) is 35.7 Å². The molecule has 0 spiro atoms. The molecule has 5 nitrogen and oxygen atoms in total. The number of ether oxygens (including phenoxy) is 1. The van der Waals surface area contributed by atoms with E-state index in [9.17, 15) is 14.7 Å². The van der Waals surface area contributed by atoms with E-state index in [-0.39, 0.29) is 35.9 Å². The number of hydrogen-bond acceptors (Lipinski definition) is 5. The Morgan fingerprint density at radius 3 is 2.55 bits per heavy atom. The summed E-state index contributed by atoms with van der Waals surface area (Å²) in [5, 5.41) is 12.2. The van der Waals surface area contributed by atoms with Crippen LogP contribution in [0.15, 0.2) is 66.7 Å². The second-order valence-corrected chi connectivity index (χ2v) is 8.09. The zero-order valence-electron chi connectivity index (χ0n) is 17.7. The Bertz CT molecular complexity index is 1080. The zero-order chi connectivity index (χ0) is 21.8. The maximum atomic E-state index is 13.0. The summed E-state index contributed by atoms with van der Waals surface area (Å²) in [4.78, 5) is 27.7. The second-order valence-electron chi connectivity index (χ2n) is 8.09. The highest BCUT2D eigenvalue weighted by molar-refractivity contribution is 6.04. The van der Waals surface area contributed by atoms with E-state index in [1.807, 2.05) is 60.7 Å². The Morgan fingerprint density at radius 2 is 1.77 bits per heavy atom. The van der Waals surface area contributed by atoms with Crippen LogP contribution in [-0.4, -0.2) is 41.0 Å². The number of aromatic hydroxyl groups is 1. The highest BCUT2D eigenvalue weighted by atomic mass is 16.5. The Morgan fingerprint density at radius 1 is 1.03 bits per heavy atom. The Labute approximate surface area is 182 Å². The normalized spacial score (nSPS) is 18.9. The molecule has 0 amide bonds. The van der Waals surface area contributed by atoms with Gasteiger partial charge in [-0.3, -0.25) is 14.5 Å². The molecule has 0 radical (unpaired) electrons. The molecule has 1 aliphatic rings. The highest BCUT2D eigenvalue weighted by Crippen LogP contribution is 2.33. The van der Waals surface area contributed by atoms with Gasteiger partial charge in [-0.05, 0) is 36.3 Å². The molecule has 3 aromatic rings. The third-order valence-electron chi connectivity index (χ3n) is 5.95. The van der Waals surface area contributed by atoms with Crippen molar-refractivity contribution in [3.05, 3.63) is 77.9 Å². The molecule has 31 heavy (non-hydrogen) atoms. The summed E-state index contributed by atoms with van der Waals surface area (Å²) in [5.41, 5.74) is 1.46. The average Bonchev–Trinajstić information content (AvgIpc) is 3.17. The van der Waals surface area contributed by atoms with Gasteiger partial charge in [0.2, 0.25) is 0 Å². The molecule has 5 heteroatoms. The lowest BCUT2D eigenvalue weighted by Gasteiger charge is -2.22. The van der Waals surface area contributed by atoms with Crippen molar-refractivity contribution >= 4 is 22.5 Å². The smallest absolute Gasteiger partial charge is 0.323 e. The second kappa shape index (κ2) is 9.31. The van der Waals surface area contributed by atoms with Crippen molar-refractivity contribution < 1.29 is 19.4 Å². The van der Waals surface area contributed by atoms with Crippen LogP contribution in [0.5, 0.6) is 5.75 Å². The maximum Gasteiger partial charge on any atom is 0.323 e. The molecule has 3 aromatic carbocycles. The van der Waals surface area contributed by atoms with E-state index >= 15 is 0 Å². The summed E-state index contributed by atoms with van der Waals surface area (Å²) in [6.45, 7) is 3.41. The minimum absolute atomic E-state index is 0.0245. The van der Waals surface area contributed by atoms with Crippen LogP contribution >= 0.6 is 0 Å². The van der Waals surface area contributed by atoms with Gasteiger partial charge in [-0.2, -0.15) is 0 Å². The quantitative estimate of drug-likeness (QED) is 0.451. The lowest BCUT2D eigenvalue weighted by Crippen LogP contribution is -2.36. The number of Topliss-reactive ketones (excluding diaryl/α,β-unsaturated/α-hetero) is 1. The van der Waals surface area contributed by atoms with Gasteiger partial charge in [-0.25, -0.2) is 0 Å². The fourth-order valence-corrected chi connectivity index (χ4v) is 4.47. The number of carbonyl (C=O) groups is 2. The van der Waals surface area contributed by atoms with E-state index in [2.05, 4.69) is 4.90 Å². The van der Waals surface area contributed by atoms with Gasteiger partial charge in [-0.15, -0.1) is 0 Å². The fraction of sp³-hybridized carbons (Fsp3) is 0.308. The van der Waals surface area contributed by atoms with Gasteiger partial charge >= 0.3 is 5.97 Å². The summed E-state index contributed by atoms with van der Waals surface area (Å²) in [7, 11) is 0. The van der Waals surface area contributed by atoms with Crippen molar-refractivity contribution in [2.24, 2.45) is 5.92 Å². The summed E-state index contributed by atoms with van der Waals surface area (Å²) >= 11 is 0. The van der Waals surface area contributed by atoms with Crippen LogP contribution in [-0.2, 0) is 16.1 Å². The zero-order valence-corrected chi connectivity index (χ0v) is 17.7. The van der Waals surface area contributed by atoms with Crippen molar-refractivity contribution in [3.63, 3.8) is 0 Å². The van der Waals surface area contributed by atoms with Crippen molar-refractivity contribution in [2.75, 3.05) is 13.2 Å². The number of rotatable bonds is 7. The number of hydrogen-bond donors (Lipinski definition) is 1. The van der Waals surface area contributed by atoms with E-state index in [1.165, 1.54) is 0 Å². The summed E-state index contributed by atoms with van der Waals surface area (Å²) in [5.74, 6) is -0.278. The number of fused-ring (bicyclic) bond motifs is 1. The summed E-state index contributed by atoms with van der Waals surface area (Å²) in [6, 6.07) is 20.7. The van der Waals surface area contributed by atoms with Crippen molar-refractivity contribution in [2.45, 2.75) is 32.4 Å². The Kier molecular flexibility index (Phi) is 6.33. The van der Waals surface area contributed by atoms with E-state index in [4.69, 9.17) is 4.74 Å². The number of benzene rings is 3. The lowest BCUT2D eigenvalue weighted by molar-refractivity contribution is -0.148. The SMILES string of the molecule is CCOC(=O)[C@@H]1C[C@@H](CC(=O)c2ccc3ccccc3c2O)CN1Cc1ccccc1. The molecular weight excluding hydrogens is 390 g/mol. The van der Waals surface area contributed by atoms with Crippen LogP contribution in [0, 0.1) is 5.92 Å². The first-order chi connectivity index (χ1) is 15.1. The summed E-state index contributed by atoms with van der Waals surface area (Å²) < 4.78 is 5.29. The van der Waals surface area contributed by atoms with Gasteiger partial charge in [0, 0.05) is 24.9 Å². The van der Waals surface area contributed by atoms with E-state index in [1.54, 1.807) is 13.0 Å². The molecule has 1 aliphatic heterocycles. The molecule has 1 saturated heterocycles. The topological polar surface area (TPSA) is 66.8 Å². The predicted octanol–water partition coefficient (Wildman–Crippen LogP) is 4.57. The molecule has 1 N–H and O–H groups in total. The van der Waals surface area contributed by atoms with Crippen LogP contribution in [0.3, 0.4) is 0 Å². The van der Waals surface area contributed by atoms with Gasteiger partial charge in [0.1, 0.15) is 11.8 Å². The lowest BCUT2D eigenvalue weighted by atomic mass is 9.94. The highest BCUT2D eigenvalue weighted by Gasteiger charge is 2.38. The molecule has 0 unspecified atom stereocenters. The third kappa shape index (κ3) is 4.62. The molecule has 160 valence electrons. The van der Waals surface area contributed by atoms with Gasteiger partial charge in [0.25, 0.3) is 0 Å². The molecule has 0 aliphatic carbocycles. The first kappa shape index (κ1) is 21.1. The first-order valence-electron chi connectivity index (χ1n) is 10.7. The van der Waals surface area contributed by atoms with E-state index in [0.29, 0.717) is 37.1 Å². The van der Waals surface area contributed by atoms with Gasteiger partial charge < -0.3 is 9.84 Å². The monoisotopic (exact) mass is 417 g/mol. The molecule has 0 aromatic heterocycles. The number of nitrogens with zero attached hydrogens (tertiary/aromatic N) is 1. The van der Waals surface area contributed by atoms with Crippen molar-refractivity contribution in [1.82, 2.24) is 4.90 Å². The number of esters is 1. The van der Waals surface area contributed by atoms with Gasteiger partial charge in [0.05, 0.1) is 12.2 Å². The molecule has 1 fully saturated rings. The minimum atomic E-state index is -0.358. The van der Waals surface area contributed by atoms with Crippen LogP contribution in [0.2, 0.25) is 0 Å². The molecule has 1 heterocycles. The van der Waals surface area contributed by atoms with E-state index in [0.717, 1.165) is 10.9 Å². The number of phenolic OH excluding ortho intramolecular Hbond substituents is 1. The fourth-order valence-electron chi connectivity index (χ4n) is 4.47. The molecule has 0 saturated carbocycles. The van der Waals surface area contributed by atoms with Gasteiger partial charge in [-0.1, -0.05) is 60.7 Å². The molecule has 2 atom stereocenters. The average molecular weight is 418 g/mol. The van der Waals surface area contributed by atoms with Crippen molar-refractivity contribution in [3.8, 4) is 5.75 Å². The third-order valence-corrected chi connectivity index (χ3v) is 5.95. The Balaban J connectivity index is 1.51. The van der Waals surface area contributed by atoms with Crippen LogP contribution in [0.4, 0.5) is 0 Å². The standard InChI is InChI=1S/C26H27NO4/c1-2-31-26(30)23-14-19(17-27(23)16-18-8-4-3-5-9-18)15-24(28)22-13-12-20-10-6-7-11-21(20)25(22)29/h3-13,19,23,29H,2,14-17H2,1H3/t19-,23-/m0/s1. The van der Waals surface area contributed by atoms with Crippen LogP contribution in [0.25, 0.3) is 10.8 Å². The maximum absolute atomic E-state index is 13.0. The number of carbonyl (C=O) groups excluding carboxylic acids is 2. The van der Waals surface area contributed by atoms with E-state index < -0.39 is 0 Å². The van der Waals surface area contributed by atoms with Crippen LogP contribution < -0.4 is 0 Å². The minimum Gasteiger partial charge on any atom is -0.507 e. The number of phenols is 1.